The molecule has 1 atom stereocenters. The Labute approximate surface area is 150 Å². The summed E-state index contributed by atoms with van der Waals surface area (Å²) in [7, 11) is 0. The highest BCUT2D eigenvalue weighted by Crippen LogP contribution is 2.34. The Morgan fingerprint density at radius 3 is 2.96 bits per heavy atom. The van der Waals surface area contributed by atoms with Crippen LogP contribution in [0, 0.1) is 6.92 Å². The maximum atomic E-state index is 12.9. The van der Waals surface area contributed by atoms with Gasteiger partial charge in [-0.25, -0.2) is 9.97 Å². The molecule has 0 radical (unpaired) electrons. The number of thiophene rings is 1. The second-order valence-corrected chi connectivity index (χ2v) is 7.38. The van der Waals surface area contributed by atoms with Crippen molar-refractivity contribution >= 4 is 33.3 Å². The Balaban J connectivity index is 1.60. The molecule has 0 aliphatic carbocycles. The third-order valence-corrected chi connectivity index (χ3v) is 5.93. The average molecular weight is 362 g/mol. The van der Waals surface area contributed by atoms with E-state index in [0.717, 1.165) is 52.5 Å². The number of aryl methyl sites for hydroxylation is 1. The SMILES string of the molecule is Cc1c(C(=O)N2CCOCC2)sc2ncnc(NC[C@@H]3CCCO3)c12. The molecular formula is C17H22N4O3S. The Hall–Kier alpha value is -1.77. The van der Waals surface area contributed by atoms with E-state index in [2.05, 4.69) is 15.3 Å². The second kappa shape index (κ2) is 7.23. The van der Waals surface area contributed by atoms with Crippen LogP contribution in [0.15, 0.2) is 6.33 Å². The molecule has 0 saturated carbocycles. The van der Waals surface area contributed by atoms with Crippen LogP contribution in [-0.2, 0) is 9.47 Å². The van der Waals surface area contributed by atoms with Crippen LogP contribution >= 0.6 is 11.3 Å². The number of carbonyl (C=O) groups excluding carboxylic acids is 1. The van der Waals surface area contributed by atoms with Crippen LogP contribution in [0.5, 0.6) is 0 Å². The van der Waals surface area contributed by atoms with Gasteiger partial charge in [0.2, 0.25) is 0 Å². The Morgan fingerprint density at radius 2 is 2.20 bits per heavy atom. The number of hydrogen-bond acceptors (Lipinski definition) is 7. The van der Waals surface area contributed by atoms with Crippen LogP contribution in [0.4, 0.5) is 5.82 Å². The summed E-state index contributed by atoms with van der Waals surface area (Å²) in [5.74, 6) is 0.851. The normalized spacial score (nSPS) is 21.0. The van der Waals surface area contributed by atoms with Gasteiger partial charge in [-0.15, -0.1) is 11.3 Å². The minimum absolute atomic E-state index is 0.0638. The summed E-state index contributed by atoms with van der Waals surface area (Å²) in [6, 6.07) is 0. The summed E-state index contributed by atoms with van der Waals surface area (Å²) in [5, 5.41) is 4.33. The summed E-state index contributed by atoms with van der Waals surface area (Å²) in [6.45, 7) is 6.03. The Bertz CT molecular complexity index is 767. The van der Waals surface area contributed by atoms with Gasteiger partial charge in [-0.1, -0.05) is 0 Å². The van der Waals surface area contributed by atoms with E-state index in [4.69, 9.17) is 9.47 Å². The van der Waals surface area contributed by atoms with Crippen molar-refractivity contribution in [1.82, 2.24) is 14.9 Å². The van der Waals surface area contributed by atoms with Gasteiger partial charge in [0.25, 0.3) is 5.91 Å². The van der Waals surface area contributed by atoms with E-state index in [-0.39, 0.29) is 12.0 Å². The number of morpholine rings is 1. The summed E-state index contributed by atoms with van der Waals surface area (Å²) in [4.78, 5) is 25.1. The number of anilines is 1. The topological polar surface area (TPSA) is 76.6 Å². The lowest BCUT2D eigenvalue weighted by Crippen LogP contribution is -2.40. The van der Waals surface area contributed by atoms with Crippen LogP contribution in [0.3, 0.4) is 0 Å². The molecule has 0 aromatic carbocycles. The highest BCUT2D eigenvalue weighted by atomic mass is 32.1. The van der Waals surface area contributed by atoms with Crippen molar-refractivity contribution in [3.05, 3.63) is 16.8 Å². The van der Waals surface area contributed by atoms with Gasteiger partial charge >= 0.3 is 0 Å². The van der Waals surface area contributed by atoms with Crippen LogP contribution in [0.25, 0.3) is 10.2 Å². The first kappa shape index (κ1) is 16.7. The van der Waals surface area contributed by atoms with E-state index in [9.17, 15) is 4.79 Å². The lowest BCUT2D eigenvalue weighted by Gasteiger charge is -2.26. The standard InChI is InChI=1S/C17H22N4O3S/c1-11-13-15(18-9-12-3-2-6-24-12)19-10-20-16(13)25-14(11)17(22)21-4-7-23-8-5-21/h10,12H,2-9H2,1H3,(H,18,19,20)/t12-/m0/s1. The summed E-state index contributed by atoms with van der Waals surface area (Å²) in [5.41, 5.74) is 0.951. The third kappa shape index (κ3) is 3.33. The molecule has 2 aliphatic heterocycles. The minimum atomic E-state index is 0.0638. The zero-order chi connectivity index (χ0) is 17.2. The molecule has 2 aromatic rings. The van der Waals surface area contributed by atoms with Crippen LogP contribution in [0.1, 0.15) is 28.1 Å². The molecule has 2 fully saturated rings. The molecule has 4 rings (SSSR count). The fraction of sp³-hybridized carbons (Fsp3) is 0.588. The molecule has 0 spiro atoms. The van der Waals surface area contributed by atoms with Gasteiger partial charge in [0, 0.05) is 26.2 Å². The van der Waals surface area contributed by atoms with Crippen molar-refractivity contribution in [2.45, 2.75) is 25.9 Å². The number of nitrogens with one attached hydrogen (secondary N) is 1. The maximum absolute atomic E-state index is 12.9. The number of fused-ring (bicyclic) bond motifs is 1. The van der Waals surface area contributed by atoms with Crippen molar-refractivity contribution in [2.24, 2.45) is 0 Å². The van der Waals surface area contributed by atoms with Gasteiger partial charge in [0.1, 0.15) is 17.0 Å². The van der Waals surface area contributed by atoms with Crippen molar-refractivity contribution in [3.8, 4) is 0 Å². The predicted molar refractivity (Wildman–Crippen MR) is 96.3 cm³/mol. The van der Waals surface area contributed by atoms with Crippen molar-refractivity contribution < 1.29 is 14.3 Å². The molecule has 1 amide bonds. The molecule has 134 valence electrons. The van der Waals surface area contributed by atoms with Gasteiger partial charge in [-0.2, -0.15) is 0 Å². The zero-order valence-corrected chi connectivity index (χ0v) is 15.1. The number of aromatic nitrogens is 2. The smallest absolute Gasteiger partial charge is 0.264 e. The monoisotopic (exact) mass is 362 g/mol. The van der Waals surface area contributed by atoms with Gasteiger partial charge in [0.05, 0.1) is 29.6 Å². The van der Waals surface area contributed by atoms with E-state index in [1.165, 1.54) is 11.3 Å². The summed E-state index contributed by atoms with van der Waals surface area (Å²) < 4.78 is 11.0. The van der Waals surface area contributed by atoms with E-state index in [1.807, 2.05) is 11.8 Å². The van der Waals surface area contributed by atoms with Gasteiger partial charge in [-0.3, -0.25) is 4.79 Å². The number of ether oxygens (including phenoxy) is 2. The van der Waals surface area contributed by atoms with Gasteiger partial charge in [0.15, 0.2) is 0 Å². The number of hydrogen-bond donors (Lipinski definition) is 1. The quantitative estimate of drug-likeness (QED) is 0.897. The molecule has 0 bridgehead atoms. The largest absolute Gasteiger partial charge is 0.378 e. The molecule has 8 heteroatoms. The van der Waals surface area contributed by atoms with Gasteiger partial charge < -0.3 is 19.7 Å². The number of amides is 1. The van der Waals surface area contributed by atoms with E-state index < -0.39 is 0 Å². The van der Waals surface area contributed by atoms with E-state index >= 15 is 0 Å². The third-order valence-electron chi connectivity index (χ3n) is 4.74. The van der Waals surface area contributed by atoms with E-state index in [1.54, 1.807) is 6.33 Å². The molecule has 1 N–H and O–H groups in total. The van der Waals surface area contributed by atoms with E-state index in [0.29, 0.717) is 26.3 Å². The number of rotatable bonds is 4. The molecule has 2 aliphatic rings. The first-order valence-corrected chi connectivity index (χ1v) is 9.52. The Kier molecular flexibility index (Phi) is 4.82. The van der Waals surface area contributed by atoms with Crippen LogP contribution in [0.2, 0.25) is 0 Å². The van der Waals surface area contributed by atoms with Crippen LogP contribution < -0.4 is 5.32 Å². The molecule has 2 saturated heterocycles. The molecule has 2 aromatic heterocycles. The van der Waals surface area contributed by atoms with Crippen molar-refractivity contribution in [1.29, 1.82) is 0 Å². The second-order valence-electron chi connectivity index (χ2n) is 6.38. The molecular weight excluding hydrogens is 340 g/mol. The first-order chi connectivity index (χ1) is 12.2. The lowest BCUT2D eigenvalue weighted by molar-refractivity contribution is 0.0306. The van der Waals surface area contributed by atoms with Crippen LogP contribution in [-0.4, -0.2) is 66.3 Å². The summed E-state index contributed by atoms with van der Waals surface area (Å²) in [6.07, 6.45) is 3.98. The predicted octanol–water partition coefficient (Wildman–Crippen LogP) is 2.06. The molecule has 4 heterocycles. The highest BCUT2D eigenvalue weighted by molar-refractivity contribution is 7.20. The fourth-order valence-electron chi connectivity index (χ4n) is 3.34. The fourth-order valence-corrected chi connectivity index (χ4v) is 4.45. The lowest BCUT2D eigenvalue weighted by atomic mass is 10.1. The zero-order valence-electron chi connectivity index (χ0n) is 14.3. The average Bonchev–Trinajstić information content (AvgIpc) is 3.28. The molecule has 7 nitrogen and oxygen atoms in total. The molecule has 25 heavy (non-hydrogen) atoms. The van der Waals surface area contributed by atoms with Crippen molar-refractivity contribution in [3.63, 3.8) is 0 Å². The minimum Gasteiger partial charge on any atom is -0.378 e. The highest BCUT2D eigenvalue weighted by Gasteiger charge is 2.25. The summed E-state index contributed by atoms with van der Waals surface area (Å²) >= 11 is 1.44. The molecule has 0 unspecified atom stereocenters. The number of nitrogens with zero attached hydrogens (tertiary/aromatic N) is 3. The maximum Gasteiger partial charge on any atom is 0.264 e. The first-order valence-electron chi connectivity index (χ1n) is 8.70. The Morgan fingerprint density at radius 1 is 1.36 bits per heavy atom. The van der Waals surface area contributed by atoms with Gasteiger partial charge in [-0.05, 0) is 25.3 Å². The number of carbonyl (C=O) groups is 1. The van der Waals surface area contributed by atoms with Crippen molar-refractivity contribution in [2.75, 3.05) is 44.8 Å².